The highest BCUT2D eigenvalue weighted by Gasteiger charge is 2.20. The maximum Gasteiger partial charge on any atom is 0.265 e. The van der Waals surface area contributed by atoms with Gasteiger partial charge in [0, 0.05) is 0 Å². The Labute approximate surface area is 183 Å². The van der Waals surface area contributed by atoms with E-state index in [2.05, 4.69) is 10.6 Å². The number of para-hydroxylation sites is 1. The molecule has 3 aromatic rings. The van der Waals surface area contributed by atoms with Crippen LogP contribution in [0.25, 0.3) is 0 Å². The minimum Gasteiger partial charge on any atom is -0.481 e. The summed E-state index contributed by atoms with van der Waals surface area (Å²) in [5.74, 6) is 0.0954. The fraction of sp³-hybridized carbons (Fsp3) is 0.231. The Morgan fingerprint density at radius 1 is 0.839 bits per heavy atom. The number of ether oxygens (including phenoxy) is 1. The van der Waals surface area contributed by atoms with E-state index in [1.807, 2.05) is 69.3 Å². The lowest BCUT2D eigenvalue weighted by Gasteiger charge is -2.19. The first-order valence-electron chi connectivity index (χ1n) is 10.4. The van der Waals surface area contributed by atoms with E-state index in [1.165, 1.54) is 0 Å². The molecule has 0 saturated heterocycles. The molecule has 0 fully saturated rings. The van der Waals surface area contributed by atoms with E-state index in [0.29, 0.717) is 17.0 Å². The minimum absolute atomic E-state index is 0.163. The lowest BCUT2D eigenvalue weighted by atomic mass is 10.1. The van der Waals surface area contributed by atoms with Crippen molar-refractivity contribution in [2.75, 3.05) is 5.32 Å². The van der Waals surface area contributed by atoms with E-state index in [4.69, 9.17) is 4.74 Å². The molecule has 5 nitrogen and oxygen atoms in total. The van der Waals surface area contributed by atoms with Crippen molar-refractivity contribution in [3.63, 3.8) is 0 Å². The Balaban J connectivity index is 1.70. The number of aryl methyl sites for hydroxylation is 1. The molecule has 0 aliphatic heterocycles. The Hall–Kier alpha value is -3.60. The third-order valence-electron chi connectivity index (χ3n) is 5.30. The zero-order chi connectivity index (χ0) is 22.4. The van der Waals surface area contributed by atoms with Crippen LogP contribution in [-0.2, 0) is 4.79 Å². The monoisotopic (exact) mass is 416 g/mol. The number of rotatable bonds is 7. The summed E-state index contributed by atoms with van der Waals surface area (Å²) in [4.78, 5) is 25.6. The van der Waals surface area contributed by atoms with E-state index in [1.54, 1.807) is 31.2 Å². The molecule has 0 saturated carbocycles. The van der Waals surface area contributed by atoms with Crippen LogP contribution in [0, 0.1) is 13.8 Å². The van der Waals surface area contributed by atoms with Gasteiger partial charge in [0.1, 0.15) is 5.75 Å². The number of nitrogens with one attached hydrogen (secondary N) is 2. The van der Waals surface area contributed by atoms with Crippen molar-refractivity contribution in [2.24, 2.45) is 0 Å². The van der Waals surface area contributed by atoms with Crippen LogP contribution in [0.3, 0.4) is 0 Å². The summed E-state index contributed by atoms with van der Waals surface area (Å²) in [6.45, 7) is 7.58. The van der Waals surface area contributed by atoms with Gasteiger partial charge in [0.05, 0.1) is 17.3 Å². The topological polar surface area (TPSA) is 67.4 Å². The van der Waals surface area contributed by atoms with Gasteiger partial charge in [-0.1, -0.05) is 54.6 Å². The summed E-state index contributed by atoms with van der Waals surface area (Å²) >= 11 is 0. The summed E-state index contributed by atoms with van der Waals surface area (Å²) in [6.07, 6.45) is -0.722. The molecule has 0 spiro atoms. The van der Waals surface area contributed by atoms with Crippen molar-refractivity contribution in [2.45, 2.75) is 39.8 Å². The van der Waals surface area contributed by atoms with Crippen molar-refractivity contribution >= 4 is 17.5 Å². The Morgan fingerprint density at radius 3 is 2.26 bits per heavy atom. The van der Waals surface area contributed by atoms with Gasteiger partial charge in [-0.2, -0.15) is 0 Å². The molecule has 2 amide bonds. The van der Waals surface area contributed by atoms with Crippen molar-refractivity contribution in [1.29, 1.82) is 0 Å². The largest absolute Gasteiger partial charge is 0.481 e. The van der Waals surface area contributed by atoms with Gasteiger partial charge in [0.15, 0.2) is 6.10 Å². The molecule has 2 atom stereocenters. The second kappa shape index (κ2) is 9.94. The number of carbonyl (C=O) groups is 2. The molecular formula is C26H28N2O3. The fourth-order valence-corrected chi connectivity index (χ4v) is 3.22. The molecule has 0 radical (unpaired) electrons. The summed E-state index contributed by atoms with van der Waals surface area (Å²) in [7, 11) is 0. The number of benzene rings is 3. The van der Waals surface area contributed by atoms with Crippen LogP contribution in [0.1, 0.15) is 46.9 Å². The van der Waals surface area contributed by atoms with Gasteiger partial charge < -0.3 is 15.4 Å². The third kappa shape index (κ3) is 5.51. The molecule has 160 valence electrons. The van der Waals surface area contributed by atoms with E-state index in [0.717, 1.165) is 16.7 Å². The van der Waals surface area contributed by atoms with E-state index < -0.39 is 6.10 Å². The quantitative estimate of drug-likeness (QED) is 0.556. The highest BCUT2D eigenvalue weighted by molar-refractivity contribution is 6.04. The van der Waals surface area contributed by atoms with Gasteiger partial charge in [0.2, 0.25) is 0 Å². The first kappa shape index (κ1) is 22.1. The SMILES string of the molecule is Cc1cccc(O[C@H](C)C(=O)Nc2ccccc2C(=O)N[C@@H](C)c2ccccc2)c1C. The summed E-state index contributed by atoms with van der Waals surface area (Å²) in [5, 5.41) is 5.82. The maximum absolute atomic E-state index is 12.9. The van der Waals surface area contributed by atoms with Crippen LogP contribution in [0.2, 0.25) is 0 Å². The molecule has 31 heavy (non-hydrogen) atoms. The Bertz CT molecular complexity index is 1060. The van der Waals surface area contributed by atoms with Gasteiger partial charge in [-0.3, -0.25) is 9.59 Å². The molecular weight excluding hydrogens is 388 g/mol. The van der Waals surface area contributed by atoms with Crippen LogP contribution in [0.4, 0.5) is 5.69 Å². The molecule has 3 rings (SSSR count). The van der Waals surface area contributed by atoms with Crippen molar-refractivity contribution in [3.8, 4) is 5.75 Å². The number of hydrogen-bond acceptors (Lipinski definition) is 3. The Kier molecular flexibility index (Phi) is 7.08. The molecule has 0 aliphatic rings. The highest BCUT2D eigenvalue weighted by atomic mass is 16.5. The second-order valence-electron chi connectivity index (χ2n) is 7.60. The molecule has 2 N–H and O–H groups in total. The number of hydrogen-bond donors (Lipinski definition) is 2. The zero-order valence-corrected chi connectivity index (χ0v) is 18.3. The minimum atomic E-state index is -0.722. The summed E-state index contributed by atoms with van der Waals surface area (Å²) in [6, 6.07) is 22.3. The molecule has 0 aliphatic carbocycles. The summed E-state index contributed by atoms with van der Waals surface area (Å²) in [5.41, 5.74) is 3.95. The Morgan fingerprint density at radius 2 is 1.52 bits per heavy atom. The second-order valence-corrected chi connectivity index (χ2v) is 7.60. The van der Waals surface area contributed by atoms with Gasteiger partial charge >= 0.3 is 0 Å². The average molecular weight is 417 g/mol. The maximum atomic E-state index is 12.9. The predicted molar refractivity (Wildman–Crippen MR) is 123 cm³/mol. The lowest BCUT2D eigenvalue weighted by Crippen LogP contribution is -2.32. The van der Waals surface area contributed by atoms with Crippen molar-refractivity contribution < 1.29 is 14.3 Å². The smallest absolute Gasteiger partial charge is 0.265 e. The molecule has 3 aromatic carbocycles. The van der Waals surface area contributed by atoms with Crippen molar-refractivity contribution in [1.82, 2.24) is 5.32 Å². The molecule has 0 bridgehead atoms. The van der Waals surface area contributed by atoms with Crippen molar-refractivity contribution in [3.05, 3.63) is 95.1 Å². The normalized spacial score (nSPS) is 12.5. The van der Waals surface area contributed by atoms with Gasteiger partial charge in [0.25, 0.3) is 11.8 Å². The van der Waals surface area contributed by atoms with Gasteiger partial charge in [-0.05, 0) is 62.6 Å². The van der Waals surface area contributed by atoms with E-state index in [-0.39, 0.29) is 17.9 Å². The number of amides is 2. The summed E-state index contributed by atoms with van der Waals surface area (Å²) < 4.78 is 5.87. The predicted octanol–water partition coefficient (Wildman–Crippen LogP) is 5.20. The number of anilines is 1. The highest BCUT2D eigenvalue weighted by Crippen LogP contribution is 2.23. The number of carbonyl (C=O) groups excluding carboxylic acids is 2. The lowest BCUT2D eigenvalue weighted by molar-refractivity contribution is -0.122. The first-order valence-corrected chi connectivity index (χ1v) is 10.4. The van der Waals surface area contributed by atoms with E-state index >= 15 is 0 Å². The molecule has 0 unspecified atom stereocenters. The van der Waals surface area contributed by atoms with Gasteiger partial charge in [-0.25, -0.2) is 0 Å². The average Bonchev–Trinajstić information content (AvgIpc) is 2.77. The van der Waals surface area contributed by atoms with Gasteiger partial charge in [-0.15, -0.1) is 0 Å². The van der Waals surface area contributed by atoms with Crippen LogP contribution < -0.4 is 15.4 Å². The van der Waals surface area contributed by atoms with Crippen LogP contribution >= 0.6 is 0 Å². The zero-order valence-electron chi connectivity index (χ0n) is 18.3. The fourth-order valence-electron chi connectivity index (χ4n) is 3.22. The van der Waals surface area contributed by atoms with E-state index in [9.17, 15) is 9.59 Å². The van der Waals surface area contributed by atoms with Crippen LogP contribution in [0.15, 0.2) is 72.8 Å². The third-order valence-corrected chi connectivity index (χ3v) is 5.30. The molecule has 0 heterocycles. The van der Waals surface area contributed by atoms with Crippen LogP contribution in [0.5, 0.6) is 5.75 Å². The van der Waals surface area contributed by atoms with Crippen LogP contribution in [-0.4, -0.2) is 17.9 Å². The first-order chi connectivity index (χ1) is 14.9. The standard InChI is InChI=1S/C26H28N2O3/c1-17-11-10-16-24(18(17)2)31-20(4)25(29)28-23-15-9-8-14-22(23)26(30)27-19(3)21-12-6-5-7-13-21/h5-16,19-20H,1-4H3,(H,27,30)(H,28,29)/t19-,20+/m0/s1. The molecule has 5 heteroatoms. The molecule has 0 aromatic heterocycles.